The molecule has 0 aliphatic rings. The Bertz CT molecular complexity index is 1310. The molecule has 0 saturated carbocycles. The minimum Gasteiger partial charge on any atom is -1.00 e. The van der Waals surface area contributed by atoms with Crippen LogP contribution in [-0.2, 0) is 92.4 Å². The summed E-state index contributed by atoms with van der Waals surface area (Å²) in [5.74, 6) is 0. The topological polar surface area (TPSA) is 682 Å². The molecule has 0 aliphatic heterocycles. The van der Waals surface area contributed by atoms with Crippen molar-refractivity contribution in [3.05, 3.63) is 4.13 Å². The smallest absolute Gasteiger partial charge is 1.00 e. The Kier molecular flexibility index (Phi) is 322. The summed E-state index contributed by atoms with van der Waals surface area (Å²) >= 11 is 0. The van der Waals surface area contributed by atoms with E-state index in [4.69, 9.17) is 56.4 Å². The number of rotatable bonds is 4. The van der Waals surface area contributed by atoms with E-state index < -0.39 is 84.0 Å². The summed E-state index contributed by atoms with van der Waals surface area (Å²) in [7, 11) is -40.6. The van der Waals surface area contributed by atoms with Gasteiger partial charge in [-0.25, -0.2) is 25.3 Å². The molecule has 0 rings (SSSR count). The predicted molar refractivity (Wildman–Crippen MR) is 128 cm³/mol. The van der Waals surface area contributed by atoms with Crippen LogP contribution in [0, 0.1) is 0 Å². The minimum atomic E-state index is -5.62. The molecule has 0 aliphatic carbocycles. The van der Waals surface area contributed by atoms with Gasteiger partial charge in [0, 0.05) is 0 Å². The van der Waals surface area contributed by atoms with Crippen LogP contribution in [0.25, 0.3) is 4.13 Å². The van der Waals surface area contributed by atoms with Crippen molar-refractivity contribution in [1.29, 1.82) is 0 Å². The normalized spacial score (nSPS) is 7.53. The molecule has 0 aromatic rings. The average molecular weight is 1080 g/mol. The van der Waals surface area contributed by atoms with E-state index in [9.17, 15) is 57.0 Å². The van der Waals surface area contributed by atoms with Gasteiger partial charge in [0.1, 0.15) is 0 Å². The van der Waals surface area contributed by atoms with Crippen molar-refractivity contribution in [3.63, 3.8) is 0 Å². The van der Waals surface area contributed by atoms with Crippen LogP contribution in [0.1, 0.15) is 0 Å². The second-order valence-corrected chi connectivity index (χ2v) is 10.9. The Morgan fingerprint density at radius 3 is 0.550 bits per heavy atom. The molecule has 0 radical (unpaired) electrons. The van der Waals surface area contributed by atoms with E-state index in [0.717, 1.165) is 4.13 Å². The van der Waals surface area contributed by atoms with E-state index in [1.807, 2.05) is 0 Å². The van der Waals surface area contributed by atoms with Crippen LogP contribution in [0.5, 0.6) is 0 Å². The fourth-order valence-corrected chi connectivity index (χ4v) is 2.03. The molecule has 0 heterocycles. The van der Waals surface area contributed by atoms with Crippen molar-refractivity contribution in [2.24, 2.45) is 0 Å². The Balaban J connectivity index is -0.00000000672. The van der Waals surface area contributed by atoms with Crippen LogP contribution in [0.2, 0.25) is 0 Å². The molecular weight excluding hydrogens is 1060 g/mol. The summed E-state index contributed by atoms with van der Waals surface area (Å²) < 4.78 is 246. The molecule has 0 spiro atoms. The van der Waals surface area contributed by atoms with Crippen molar-refractivity contribution in [2.75, 3.05) is 0 Å². The Morgan fingerprint density at radius 1 is 0.483 bits per heavy atom. The number of halogens is 10. The number of nitrogens with one attached hydrogen (secondary N) is 1. The SMILES string of the molecule is Cl.F.O.O.O.O.O=S(=O)(F)NS(=O)(=O)F.O=S(=O)(F)[N-]S(=O)(=O)F.O=S(=O)(O)F.O=S(=O)(O)O.O=S(=O)([O-])F.O=[S-](=O)[O-].[Cl-].[F-].[Li+].[Li+].[Li+].[Li+].[Li+].[Li+].[Li+].[Li+].[Li+].[Li+].[OH-].[OH-].[OH-].[OH-].[OH-]. The molecule has 0 saturated heterocycles. The van der Waals surface area contributed by atoms with Gasteiger partial charge < -0.3 is 88.0 Å². The maximum absolute atomic E-state index is 11.1. The summed E-state index contributed by atoms with van der Waals surface area (Å²) in [5, 5.41) is 0. The van der Waals surface area contributed by atoms with Crippen molar-refractivity contribution in [3.8, 4) is 0 Å². The molecule has 0 amide bonds. The number of nitrogens with zero attached hydrogens (tertiary/aromatic N) is 1. The van der Waals surface area contributed by atoms with Crippen molar-refractivity contribution >= 4 is 96.4 Å². The molecule has 0 unspecified atom stereocenters. The monoisotopic (exact) mass is 1070 g/mol. The minimum absolute atomic E-state index is 0. The van der Waals surface area contributed by atoms with Gasteiger partial charge in [-0.05, 0) is 0 Å². The average Bonchev–Trinajstić information content (AvgIpc) is 2.19. The molecule has 0 fully saturated rings. The first-order valence-electron chi connectivity index (χ1n) is 5.25. The van der Waals surface area contributed by atoms with Crippen LogP contribution in [0.4, 0.5) is 28.0 Å². The third-order valence-corrected chi connectivity index (χ3v) is 3.39. The maximum atomic E-state index is 11.1. The standard InChI is InChI=1S/2ClH.F2HNO4S2.F2NO4S2.2FHO3S.2FH.10Li.H2O4S.O3S.9H2O/c;;2*1-8(4,5)3-9(2,6)7;2*1-5(2,3)4;;;;;;;;;;;;;1-5(2,3)4;1-4(2)3;;;;;;;;;/h2*1H;3H;;2*(H,2,3,4);2*1H;;;;;;;;;;;(H2,1,2,3,4);;9*1H2/q;;;-1;;;;;10*+1;;-2;;;;;;;;;/p-8. The molecule has 17 N–H and O–H groups in total. The second-order valence-electron chi connectivity index (χ2n) is 3.31. The largest absolute Gasteiger partial charge is 1.00 e. The maximum Gasteiger partial charge on any atom is 1.00 e. The summed E-state index contributed by atoms with van der Waals surface area (Å²) in [6.45, 7) is 0. The molecule has 0 aromatic carbocycles. The third-order valence-electron chi connectivity index (χ3n) is 0.377. The van der Waals surface area contributed by atoms with E-state index in [1.165, 1.54) is 0 Å². The summed E-state index contributed by atoms with van der Waals surface area (Å²) in [6.07, 6.45) is 0. The van der Waals surface area contributed by atoms with Gasteiger partial charge in [0.25, 0.3) is 10.5 Å². The van der Waals surface area contributed by atoms with Crippen molar-refractivity contribution < 1.29 is 373 Å². The molecule has 32 nitrogen and oxygen atoms in total. The molecule has 0 aromatic heterocycles. The van der Waals surface area contributed by atoms with Crippen LogP contribution in [0.15, 0.2) is 0 Å². The Labute approximate surface area is 471 Å². The Hall–Kier alpha value is 4.95. The van der Waals surface area contributed by atoms with Gasteiger partial charge in [0.05, 0.1) is 0 Å². The zero-order valence-electron chi connectivity index (χ0n) is 31.0. The molecule has 60 heteroatoms. The molecule has 338 valence electrons. The molecule has 0 atom stereocenters. The van der Waals surface area contributed by atoms with Crippen molar-refractivity contribution in [2.45, 2.75) is 0 Å². The molecule has 0 bridgehead atoms. The fourth-order valence-electron chi connectivity index (χ4n) is 0.225. The number of hydrogen-bond donors (Lipinski definition) is 4. The van der Waals surface area contributed by atoms with Gasteiger partial charge in [0.2, 0.25) is 20.8 Å². The Morgan fingerprint density at radius 2 is 0.550 bits per heavy atom. The first-order chi connectivity index (χ1) is 15.1. The van der Waals surface area contributed by atoms with Gasteiger partial charge in [0.15, 0.2) is 0 Å². The van der Waals surface area contributed by atoms with E-state index in [-0.39, 0.29) is 276 Å². The van der Waals surface area contributed by atoms with Gasteiger partial charge in [-0.3, -0.25) is 18.4 Å². The quantitative estimate of drug-likeness (QED) is 0.0507. The first-order valence-corrected chi connectivity index (χ1v) is 15.7. The summed E-state index contributed by atoms with van der Waals surface area (Å²) in [5.41, 5.74) is 0. The van der Waals surface area contributed by atoms with Crippen LogP contribution in [0.3, 0.4) is 0 Å². The van der Waals surface area contributed by atoms with Gasteiger partial charge >= 0.3 is 230 Å². The van der Waals surface area contributed by atoms with Gasteiger partial charge in [-0.15, -0.1) is 24.1 Å². The second kappa shape index (κ2) is 93.9. The molecule has 60 heavy (non-hydrogen) atoms. The van der Waals surface area contributed by atoms with E-state index in [1.54, 1.807) is 0 Å². The molecular formula is H19Cl2F8Li10N2O30S8-. The zero-order chi connectivity index (χ0) is 32.5. The summed E-state index contributed by atoms with van der Waals surface area (Å²) in [4.78, 5) is 0. The van der Waals surface area contributed by atoms with Crippen LogP contribution >= 0.6 is 12.4 Å². The van der Waals surface area contributed by atoms with Crippen molar-refractivity contribution in [1.82, 2.24) is 4.13 Å². The zero-order valence-corrected chi connectivity index (χ0v) is 39.1. The van der Waals surface area contributed by atoms with E-state index in [2.05, 4.69) is 0 Å². The van der Waals surface area contributed by atoms with Gasteiger partial charge in [-0.2, -0.15) is 44.7 Å². The van der Waals surface area contributed by atoms with E-state index >= 15 is 0 Å². The number of hydrogen-bond acceptors (Lipinski definition) is 24. The third kappa shape index (κ3) is 841. The van der Waals surface area contributed by atoms with E-state index in [0.29, 0.717) is 0 Å². The van der Waals surface area contributed by atoms with Crippen LogP contribution < -0.4 is 210 Å². The van der Waals surface area contributed by atoms with Crippen LogP contribution in [-0.4, -0.2) is 131 Å². The fraction of sp³-hybridized carbons (Fsp3) is 0. The predicted octanol–water partition coefficient (Wildman–Crippen LogP) is -42.8. The van der Waals surface area contributed by atoms with Gasteiger partial charge in [-0.1, -0.05) is 15.8 Å². The summed E-state index contributed by atoms with van der Waals surface area (Å²) in [6, 6.07) is 0. The first kappa shape index (κ1) is 206.